The summed E-state index contributed by atoms with van der Waals surface area (Å²) in [7, 11) is 0. The molecule has 1 amide bonds. The Morgan fingerprint density at radius 3 is 2.36 bits per heavy atom. The van der Waals surface area contributed by atoms with Crippen LogP contribution in [0.3, 0.4) is 0 Å². The Morgan fingerprint density at radius 1 is 1.09 bits per heavy atom. The molecule has 120 valence electrons. The Labute approximate surface area is 138 Å². The van der Waals surface area contributed by atoms with Gasteiger partial charge in [0.2, 0.25) is 0 Å². The van der Waals surface area contributed by atoms with Crippen molar-refractivity contribution in [3.8, 4) is 0 Å². The van der Waals surface area contributed by atoms with Crippen LogP contribution in [0.25, 0.3) is 0 Å². The van der Waals surface area contributed by atoms with Gasteiger partial charge in [0.05, 0.1) is 0 Å². The number of hydrogen-bond donors (Lipinski definition) is 1. The number of carbonyl (C=O) groups excluding carboxylic acids is 1. The van der Waals surface area contributed by atoms with Crippen LogP contribution in [0.5, 0.6) is 0 Å². The molecule has 0 radical (unpaired) electrons. The number of nitrogens with one attached hydrogen (secondary N) is 1. The molecule has 0 atom stereocenters. The lowest BCUT2D eigenvalue weighted by Crippen LogP contribution is -2.42. The van der Waals surface area contributed by atoms with Crippen molar-refractivity contribution >= 4 is 17.5 Å². The third-order valence-corrected chi connectivity index (χ3v) is 5.40. The molecule has 1 aliphatic carbocycles. The summed E-state index contributed by atoms with van der Waals surface area (Å²) in [6.07, 6.45) is 7.99. The molecule has 2 aliphatic rings. The maximum Gasteiger partial charge on any atom is 0.251 e. The van der Waals surface area contributed by atoms with Gasteiger partial charge in [0.25, 0.3) is 5.91 Å². The Hall–Kier alpha value is -1.06. The van der Waals surface area contributed by atoms with E-state index in [2.05, 4.69) is 10.2 Å². The minimum absolute atomic E-state index is 0.00916. The second kappa shape index (κ2) is 7.47. The number of amides is 1. The number of benzene rings is 1. The number of piperidine rings is 1. The molecule has 0 bridgehead atoms. The van der Waals surface area contributed by atoms with Crippen LogP contribution in [0, 0.1) is 5.92 Å². The second-order valence-electron chi connectivity index (χ2n) is 6.63. The minimum atomic E-state index is 0.00916. The van der Waals surface area contributed by atoms with Crippen molar-refractivity contribution in [2.45, 2.75) is 44.6 Å². The fourth-order valence-electron chi connectivity index (χ4n) is 3.73. The van der Waals surface area contributed by atoms with E-state index in [4.69, 9.17) is 11.6 Å². The third-order valence-electron chi connectivity index (χ3n) is 5.15. The first-order chi connectivity index (χ1) is 10.7. The van der Waals surface area contributed by atoms with Gasteiger partial charge in [0.15, 0.2) is 0 Å². The molecule has 1 aliphatic heterocycles. The van der Waals surface area contributed by atoms with E-state index in [0.717, 1.165) is 12.6 Å². The van der Waals surface area contributed by atoms with Crippen molar-refractivity contribution in [2.24, 2.45) is 5.92 Å². The van der Waals surface area contributed by atoms with E-state index in [1.54, 1.807) is 24.3 Å². The highest BCUT2D eigenvalue weighted by molar-refractivity contribution is 6.30. The van der Waals surface area contributed by atoms with Gasteiger partial charge in [-0.05, 0) is 69.0 Å². The van der Waals surface area contributed by atoms with Crippen LogP contribution in [0.15, 0.2) is 24.3 Å². The zero-order valence-corrected chi connectivity index (χ0v) is 13.8. The third kappa shape index (κ3) is 4.02. The van der Waals surface area contributed by atoms with Crippen LogP contribution >= 0.6 is 11.6 Å². The molecule has 1 N–H and O–H groups in total. The van der Waals surface area contributed by atoms with Crippen LogP contribution in [0.2, 0.25) is 5.02 Å². The van der Waals surface area contributed by atoms with E-state index < -0.39 is 0 Å². The van der Waals surface area contributed by atoms with Gasteiger partial charge in [-0.2, -0.15) is 0 Å². The van der Waals surface area contributed by atoms with Crippen molar-refractivity contribution in [1.29, 1.82) is 0 Å². The molecule has 1 saturated heterocycles. The van der Waals surface area contributed by atoms with Gasteiger partial charge < -0.3 is 10.2 Å². The van der Waals surface area contributed by atoms with Crippen molar-refractivity contribution < 1.29 is 4.79 Å². The van der Waals surface area contributed by atoms with E-state index in [1.807, 2.05) is 0 Å². The Kier molecular flexibility index (Phi) is 5.37. The summed E-state index contributed by atoms with van der Waals surface area (Å²) in [5.41, 5.74) is 0.688. The molecule has 0 unspecified atom stereocenters. The maximum absolute atomic E-state index is 12.1. The zero-order valence-electron chi connectivity index (χ0n) is 13.1. The quantitative estimate of drug-likeness (QED) is 0.917. The van der Waals surface area contributed by atoms with Crippen LogP contribution in [0.4, 0.5) is 0 Å². The summed E-state index contributed by atoms with van der Waals surface area (Å²) in [5.74, 6) is 0.629. The van der Waals surface area contributed by atoms with Crippen molar-refractivity contribution in [3.63, 3.8) is 0 Å². The van der Waals surface area contributed by atoms with Crippen LogP contribution in [-0.4, -0.2) is 36.5 Å². The van der Waals surface area contributed by atoms with E-state index in [-0.39, 0.29) is 5.91 Å². The molecule has 4 heteroatoms. The molecular weight excluding hydrogens is 296 g/mol. The molecular formula is C18H25ClN2O. The van der Waals surface area contributed by atoms with Gasteiger partial charge in [-0.1, -0.05) is 24.4 Å². The van der Waals surface area contributed by atoms with Gasteiger partial charge in [0, 0.05) is 23.2 Å². The van der Waals surface area contributed by atoms with Crippen LogP contribution < -0.4 is 5.32 Å². The summed E-state index contributed by atoms with van der Waals surface area (Å²) in [6, 6.07) is 7.91. The Morgan fingerprint density at radius 2 is 1.73 bits per heavy atom. The topological polar surface area (TPSA) is 32.3 Å². The van der Waals surface area contributed by atoms with Gasteiger partial charge in [-0.25, -0.2) is 0 Å². The normalized spacial score (nSPS) is 21.1. The molecule has 0 spiro atoms. The highest BCUT2D eigenvalue weighted by atomic mass is 35.5. The first-order valence-electron chi connectivity index (χ1n) is 8.50. The van der Waals surface area contributed by atoms with Gasteiger partial charge in [-0.3, -0.25) is 4.79 Å². The van der Waals surface area contributed by atoms with Crippen LogP contribution in [-0.2, 0) is 0 Å². The van der Waals surface area contributed by atoms with E-state index in [1.165, 1.54) is 51.6 Å². The monoisotopic (exact) mass is 320 g/mol. The standard InChI is InChI=1S/C18H25ClN2O/c19-16-7-5-15(6-8-16)18(22)20-13-14-9-11-21(12-10-14)17-3-1-2-4-17/h5-8,14,17H,1-4,9-13H2,(H,20,22). The fourth-order valence-corrected chi connectivity index (χ4v) is 3.86. The number of rotatable bonds is 4. The number of halogens is 1. The molecule has 3 nitrogen and oxygen atoms in total. The summed E-state index contributed by atoms with van der Waals surface area (Å²) in [6.45, 7) is 3.19. The summed E-state index contributed by atoms with van der Waals surface area (Å²) in [4.78, 5) is 14.8. The highest BCUT2D eigenvalue weighted by Crippen LogP contribution is 2.27. The number of likely N-dealkylation sites (tertiary alicyclic amines) is 1. The molecule has 0 aromatic heterocycles. The molecule has 2 fully saturated rings. The molecule has 3 rings (SSSR count). The van der Waals surface area contributed by atoms with Crippen molar-refractivity contribution in [2.75, 3.05) is 19.6 Å². The lowest BCUT2D eigenvalue weighted by atomic mass is 9.95. The Bertz CT molecular complexity index is 488. The van der Waals surface area contributed by atoms with Gasteiger partial charge in [0.1, 0.15) is 0 Å². The largest absolute Gasteiger partial charge is 0.352 e. The van der Waals surface area contributed by atoms with Crippen molar-refractivity contribution in [1.82, 2.24) is 10.2 Å². The minimum Gasteiger partial charge on any atom is -0.352 e. The number of hydrogen-bond acceptors (Lipinski definition) is 2. The molecule has 1 heterocycles. The molecule has 1 aromatic carbocycles. The molecule has 22 heavy (non-hydrogen) atoms. The second-order valence-corrected chi connectivity index (χ2v) is 7.07. The number of carbonyl (C=O) groups is 1. The predicted octanol–water partition coefficient (Wildman–Crippen LogP) is 3.72. The van der Waals surface area contributed by atoms with E-state index in [0.29, 0.717) is 16.5 Å². The number of nitrogens with zero attached hydrogens (tertiary/aromatic N) is 1. The van der Waals surface area contributed by atoms with Gasteiger partial charge in [-0.15, -0.1) is 0 Å². The Balaban J connectivity index is 1.41. The average Bonchev–Trinajstić information content (AvgIpc) is 3.08. The lowest BCUT2D eigenvalue weighted by molar-refractivity contribution is 0.0924. The molecule has 1 aromatic rings. The SMILES string of the molecule is O=C(NCC1CCN(C2CCCC2)CC1)c1ccc(Cl)cc1. The van der Waals surface area contributed by atoms with E-state index >= 15 is 0 Å². The van der Waals surface area contributed by atoms with E-state index in [9.17, 15) is 4.79 Å². The summed E-state index contributed by atoms with van der Waals surface area (Å²) >= 11 is 5.85. The maximum atomic E-state index is 12.1. The summed E-state index contributed by atoms with van der Waals surface area (Å²) in [5, 5.41) is 3.73. The average molecular weight is 321 g/mol. The predicted molar refractivity (Wildman–Crippen MR) is 90.3 cm³/mol. The molecule has 1 saturated carbocycles. The lowest BCUT2D eigenvalue weighted by Gasteiger charge is -2.36. The first-order valence-corrected chi connectivity index (χ1v) is 8.88. The zero-order chi connectivity index (χ0) is 15.4. The van der Waals surface area contributed by atoms with Crippen LogP contribution in [0.1, 0.15) is 48.9 Å². The van der Waals surface area contributed by atoms with Crippen molar-refractivity contribution in [3.05, 3.63) is 34.9 Å². The smallest absolute Gasteiger partial charge is 0.251 e. The summed E-state index contributed by atoms with van der Waals surface area (Å²) < 4.78 is 0. The highest BCUT2D eigenvalue weighted by Gasteiger charge is 2.27. The first kappa shape index (κ1) is 15.8. The fraction of sp³-hybridized carbons (Fsp3) is 0.611. The van der Waals surface area contributed by atoms with Gasteiger partial charge >= 0.3 is 0 Å².